The van der Waals surface area contributed by atoms with Gasteiger partial charge in [0.2, 0.25) is 17.6 Å². The van der Waals surface area contributed by atoms with E-state index in [9.17, 15) is 4.79 Å². The quantitative estimate of drug-likeness (QED) is 0.735. The van der Waals surface area contributed by atoms with Crippen LogP contribution in [0.15, 0.2) is 28.8 Å². The molecule has 0 unspecified atom stereocenters. The summed E-state index contributed by atoms with van der Waals surface area (Å²) in [5.74, 6) is 2.95. The molecule has 0 spiro atoms. The van der Waals surface area contributed by atoms with Crippen molar-refractivity contribution in [3.63, 3.8) is 0 Å². The molecule has 0 atom stereocenters. The van der Waals surface area contributed by atoms with E-state index in [1.165, 1.54) is 12.8 Å². The second-order valence-electron chi connectivity index (χ2n) is 7.47. The lowest BCUT2D eigenvalue weighted by molar-refractivity contribution is -0.132. The number of piperazine rings is 1. The molecule has 1 aromatic carbocycles. The third-order valence-corrected chi connectivity index (χ3v) is 5.31. The van der Waals surface area contributed by atoms with Crippen LogP contribution in [0, 0.1) is 5.92 Å². The number of nitrogens with one attached hydrogen (secondary N) is 1. The zero-order valence-electron chi connectivity index (χ0n) is 16.3. The molecule has 28 heavy (non-hydrogen) atoms. The van der Waals surface area contributed by atoms with E-state index in [0.29, 0.717) is 24.8 Å². The van der Waals surface area contributed by atoms with Crippen molar-refractivity contribution in [2.24, 2.45) is 5.92 Å². The lowest BCUT2D eigenvalue weighted by atomic mass is 10.2. The highest BCUT2D eigenvalue weighted by atomic mass is 16.5. The van der Waals surface area contributed by atoms with Crippen LogP contribution >= 0.6 is 0 Å². The van der Waals surface area contributed by atoms with Crippen molar-refractivity contribution in [1.29, 1.82) is 0 Å². The zero-order valence-corrected chi connectivity index (χ0v) is 16.3. The molecule has 1 aromatic heterocycles. The van der Waals surface area contributed by atoms with Gasteiger partial charge in [-0.1, -0.05) is 5.16 Å². The van der Waals surface area contributed by atoms with Gasteiger partial charge in [-0.2, -0.15) is 4.98 Å². The minimum absolute atomic E-state index is 0.194. The van der Waals surface area contributed by atoms with E-state index in [1.54, 1.807) is 7.11 Å². The van der Waals surface area contributed by atoms with Crippen LogP contribution in [-0.4, -0.2) is 72.2 Å². The van der Waals surface area contributed by atoms with Crippen LogP contribution in [0.5, 0.6) is 5.75 Å². The molecule has 2 fully saturated rings. The summed E-state index contributed by atoms with van der Waals surface area (Å²) in [7, 11) is 1.64. The molecule has 8 nitrogen and oxygen atoms in total. The van der Waals surface area contributed by atoms with Gasteiger partial charge in [0.25, 0.3) is 0 Å². The molecule has 1 amide bonds. The Hall–Kier alpha value is -2.45. The minimum atomic E-state index is 0.194. The van der Waals surface area contributed by atoms with Crippen LogP contribution in [-0.2, 0) is 11.3 Å². The minimum Gasteiger partial charge on any atom is -0.497 e. The average molecular weight is 385 g/mol. The molecule has 150 valence electrons. The third-order valence-electron chi connectivity index (χ3n) is 5.31. The molecule has 4 rings (SSSR count). The Balaban J connectivity index is 1.23. The van der Waals surface area contributed by atoms with Crippen LogP contribution in [0.2, 0.25) is 0 Å². The van der Waals surface area contributed by atoms with Crippen LogP contribution in [0.25, 0.3) is 11.4 Å². The van der Waals surface area contributed by atoms with E-state index in [4.69, 9.17) is 9.26 Å². The summed E-state index contributed by atoms with van der Waals surface area (Å²) in [6.07, 6.45) is 2.60. The Morgan fingerprint density at radius 1 is 1.21 bits per heavy atom. The molecular weight excluding hydrogens is 358 g/mol. The number of methoxy groups -OCH3 is 1. The molecule has 1 saturated carbocycles. The predicted molar refractivity (Wildman–Crippen MR) is 104 cm³/mol. The molecule has 0 bridgehead atoms. The van der Waals surface area contributed by atoms with Crippen molar-refractivity contribution >= 4 is 5.91 Å². The van der Waals surface area contributed by atoms with Crippen molar-refractivity contribution in [3.8, 4) is 17.1 Å². The van der Waals surface area contributed by atoms with E-state index in [1.807, 2.05) is 29.2 Å². The second-order valence-corrected chi connectivity index (χ2v) is 7.47. The maximum absolute atomic E-state index is 12.3. The summed E-state index contributed by atoms with van der Waals surface area (Å²) in [6, 6.07) is 7.58. The number of carbonyl (C=O) groups is 1. The number of carbonyl (C=O) groups excluding carboxylic acids is 1. The van der Waals surface area contributed by atoms with Gasteiger partial charge in [0, 0.05) is 31.7 Å². The van der Waals surface area contributed by atoms with E-state index in [2.05, 4.69) is 20.4 Å². The standard InChI is InChI=1S/C20H27N5O3/c1-27-17-6-4-16(5-7-17)20-22-18(28-23-20)14-24-8-10-25(11-9-24)19(26)13-21-12-15-2-3-15/h4-7,15,21H,2-3,8-14H2,1H3. The molecule has 8 heteroatoms. The number of nitrogens with zero attached hydrogens (tertiary/aromatic N) is 4. The number of hydrogen-bond donors (Lipinski definition) is 1. The molecule has 1 N–H and O–H groups in total. The van der Waals surface area contributed by atoms with Gasteiger partial charge in [-0.05, 0) is 49.6 Å². The Morgan fingerprint density at radius 2 is 1.96 bits per heavy atom. The summed E-state index contributed by atoms with van der Waals surface area (Å²) in [6.45, 7) is 5.13. The highest BCUT2D eigenvalue weighted by molar-refractivity contribution is 5.78. The van der Waals surface area contributed by atoms with Crippen molar-refractivity contribution in [3.05, 3.63) is 30.2 Å². The van der Waals surface area contributed by atoms with Crippen LogP contribution < -0.4 is 10.1 Å². The topological polar surface area (TPSA) is 83.7 Å². The van der Waals surface area contributed by atoms with E-state index < -0.39 is 0 Å². The third kappa shape index (κ3) is 4.88. The fourth-order valence-corrected chi connectivity index (χ4v) is 3.34. The van der Waals surface area contributed by atoms with Crippen LogP contribution in [0.3, 0.4) is 0 Å². The number of rotatable bonds is 8. The molecule has 1 aliphatic heterocycles. The molecule has 2 aliphatic rings. The van der Waals surface area contributed by atoms with Gasteiger partial charge in [-0.3, -0.25) is 9.69 Å². The SMILES string of the molecule is COc1ccc(-c2noc(CN3CCN(C(=O)CNCC4CC4)CC3)n2)cc1. The van der Waals surface area contributed by atoms with Crippen molar-refractivity contribution in [2.75, 3.05) is 46.4 Å². The van der Waals surface area contributed by atoms with Crippen molar-refractivity contribution in [1.82, 2.24) is 25.3 Å². The number of benzene rings is 1. The first-order chi connectivity index (χ1) is 13.7. The lowest BCUT2D eigenvalue weighted by Crippen LogP contribution is -2.50. The largest absolute Gasteiger partial charge is 0.497 e. The Bertz CT molecular complexity index is 779. The summed E-state index contributed by atoms with van der Waals surface area (Å²) in [5, 5.41) is 7.35. The van der Waals surface area contributed by atoms with Crippen molar-refractivity contribution < 1.29 is 14.1 Å². The maximum Gasteiger partial charge on any atom is 0.241 e. The summed E-state index contributed by atoms with van der Waals surface area (Å²) in [4.78, 5) is 20.9. The average Bonchev–Trinajstić information content (AvgIpc) is 3.44. The second kappa shape index (κ2) is 8.70. The Labute approximate surface area is 164 Å². The number of aromatic nitrogens is 2. The first-order valence-corrected chi connectivity index (χ1v) is 9.89. The predicted octanol–water partition coefficient (Wildman–Crippen LogP) is 1.39. The van der Waals surface area contributed by atoms with Gasteiger partial charge >= 0.3 is 0 Å². The summed E-state index contributed by atoms with van der Waals surface area (Å²) >= 11 is 0. The number of amides is 1. The molecule has 1 saturated heterocycles. The smallest absolute Gasteiger partial charge is 0.241 e. The molecule has 2 aromatic rings. The van der Waals surface area contributed by atoms with E-state index >= 15 is 0 Å². The Morgan fingerprint density at radius 3 is 2.64 bits per heavy atom. The molecule has 1 aliphatic carbocycles. The zero-order chi connectivity index (χ0) is 19.3. The first kappa shape index (κ1) is 18.9. The maximum atomic E-state index is 12.3. The van der Waals surface area contributed by atoms with Crippen LogP contribution in [0.4, 0.5) is 0 Å². The van der Waals surface area contributed by atoms with Gasteiger partial charge in [0.05, 0.1) is 20.2 Å². The van der Waals surface area contributed by atoms with Gasteiger partial charge in [0.1, 0.15) is 5.75 Å². The van der Waals surface area contributed by atoms with Gasteiger partial charge < -0.3 is 19.5 Å². The first-order valence-electron chi connectivity index (χ1n) is 9.89. The highest BCUT2D eigenvalue weighted by Crippen LogP contribution is 2.27. The highest BCUT2D eigenvalue weighted by Gasteiger charge is 2.24. The normalized spacial score (nSPS) is 17.7. The monoisotopic (exact) mass is 385 g/mol. The number of hydrogen-bond acceptors (Lipinski definition) is 7. The molecular formula is C20H27N5O3. The Kier molecular flexibility index (Phi) is 5.87. The van der Waals surface area contributed by atoms with E-state index in [0.717, 1.165) is 50.0 Å². The summed E-state index contributed by atoms with van der Waals surface area (Å²) < 4.78 is 10.6. The number of ether oxygens (including phenoxy) is 1. The van der Waals surface area contributed by atoms with E-state index in [-0.39, 0.29) is 5.91 Å². The molecule has 0 radical (unpaired) electrons. The van der Waals surface area contributed by atoms with Gasteiger partial charge in [-0.25, -0.2) is 0 Å². The van der Waals surface area contributed by atoms with Crippen molar-refractivity contribution in [2.45, 2.75) is 19.4 Å². The fourth-order valence-electron chi connectivity index (χ4n) is 3.34. The summed E-state index contributed by atoms with van der Waals surface area (Å²) in [5.41, 5.74) is 0.893. The van der Waals surface area contributed by atoms with Gasteiger partial charge in [-0.15, -0.1) is 0 Å². The van der Waals surface area contributed by atoms with Crippen LogP contribution in [0.1, 0.15) is 18.7 Å². The molecule has 2 heterocycles. The fraction of sp³-hybridized carbons (Fsp3) is 0.550. The lowest BCUT2D eigenvalue weighted by Gasteiger charge is -2.34. The van der Waals surface area contributed by atoms with Gasteiger partial charge in [0.15, 0.2) is 0 Å².